The van der Waals surface area contributed by atoms with E-state index in [0.29, 0.717) is 6.42 Å². The van der Waals surface area contributed by atoms with E-state index < -0.39 is 0 Å². The SMILES string of the molecule is Cc1c(CC(=O)c2ccnc(N3CCN(C)CC3)c2)ccc2ccc(-c3cnn(C)c3)cc12. The van der Waals surface area contributed by atoms with Gasteiger partial charge in [0.1, 0.15) is 5.82 Å². The molecule has 6 nitrogen and oxygen atoms in total. The number of carbonyl (C=O) groups excluding carboxylic acids is 1. The second kappa shape index (κ2) is 8.79. The quantitative estimate of drug-likeness (QED) is 0.438. The average Bonchev–Trinajstić information content (AvgIpc) is 3.27. The highest BCUT2D eigenvalue weighted by atomic mass is 16.1. The number of pyridine rings is 1. The molecule has 1 saturated heterocycles. The van der Waals surface area contributed by atoms with Crippen molar-refractivity contribution in [3.8, 4) is 11.1 Å². The molecule has 2 aromatic heterocycles. The monoisotopic (exact) mass is 439 g/mol. The van der Waals surface area contributed by atoms with E-state index in [1.165, 1.54) is 10.8 Å². The van der Waals surface area contributed by atoms with Gasteiger partial charge < -0.3 is 9.80 Å². The summed E-state index contributed by atoms with van der Waals surface area (Å²) in [6, 6.07) is 14.4. The van der Waals surface area contributed by atoms with Crippen molar-refractivity contribution >= 4 is 22.4 Å². The lowest BCUT2D eigenvalue weighted by molar-refractivity contribution is 0.0992. The van der Waals surface area contributed by atoms with Crippen molar-refractivity contribution in [2.75, 3.05) is 38.1 Å². The first-order valence-corrected chi connectivity index (χ1v) is 11.4. The highest BCUT2D eigenvalue weighted by molar-refractivity contribution is 5.99. The maximum Gasteiger partial charge on any atom is 0.167 e. The molecular formula is C27H29N5O. The van der Waals surface area contributed by atoms with Crippen LogP contribution in [-0.4, -0.2) is 58.7 Å². The molecule has 3 heterocycles. The molecule has 0 atom stereocenters. The van der Waals surface area contributed by atoms with E-state index >= 15 is 0 Å². The number of hydrogen-bond acceptors (Lipinski definition) is 5. The molecule has 6 heteroatoms. The Bertz CT molecular complexity index is 1320. The smallest absolute Gasteiger partial charge is 0.167 e. The maximum absolute atomic E-state index is 13.2. The number of anilines is 1. The minimum atomic E-state index is 0.124. The van der Waals surface area contributed by atoms with Crippen molar-refractivity contribution in [2.45, 2.75) is 13.3 Å². The van der Waals surface area contributed by atoms with Gasteiger partial charge in [0.05, 0.1) is 6.20 Å². The molecule has 0 spiro atoms. The highest BCUT2D eigenvalue weighted by Crippen LogP contribution is 2.29. The van der Waals surface area contributed by atoms with Crippen LogP contribution in [0.15, 0.2) is 61.1 Å². The second-order valence-electron chi connectivity index (χ2n) is 8.98. The third-order valence-corrected chi connectivity index (χ3v) is 6.69. The fourth-order valence-corrected chi connectivity index (χ4v) is 4.53. The van der Waals surface area contributed by atoms with Crippen LogP contribution in [0.3, 0.4) is 0 Å². The second-order valence-corrected chi connectivity index (χ2v) is 8.98. The van der Waals surface area contributed by atoms with Crippen molar-refractivity contribution in [1.82, 2.24) is 19.7 Å². The van der Waals surface area contributed by atoms with Gasteiger partial charge in [0.2, 0.25) is 0 Å². The predicted octanol–water partition coefficient (Wildman–Crippen LogP) is 4.12. The molecule has 0 radical (unpaired) electrons. The fourth-order valence-electron chi connectivity index (χ4n) is 4.53. The molecule has 33 heavy (non-hydrogen) atoms. The molecule has 2 aromatic carbocycles. The summed E-state index contributed by atoms with van der Waals surface area (Å²) in [4.78, 5) is 22.3. The van der Waals surface area contributed by atoms with Crippen LogP contribution in [-0.2, 0) is 13.5 Å². The molecule has 1 aliphatic rings. The van der Waals surface area contributed by atoms with E-state index in [1.807, 2.05) is 36.3 Å². The minimum Gasteiger partial charge on any atom is -0.354 e. The number of fused-ring (bicyclic) bond motifs is 1. The van der Waals surface area contributed by atoms with E-state index in [4.69, 9.17) is 0 Å². The van der Waals surface area contributed by atoms with Crippen LogP contribution in [0.5, 0.6) is 0 Å². The van der Waals surface area contributed by atoms with Crippen molar-refractivity contribution in [1.29, 1.82) is 0 Å². The van der Waals surface area contributed by atoms with Crippen LogP contribution < -0.4 is 4.90 Å². The highest BCUT2D eigenvalue weighted by Gasteiger charge is 2.17. The summed E-state index contributed by atoms with van der Waals surface area (Å²) in [6.45, 7) is 6.00. The van der Waals surface area contributed by atoms with Gasteiger partial charge in [0, 0.05) is 63.2 Å². The third kappa shape index (κ3) is 4.39. The number of aromatic nitrogens is 3. The largest absolute Gasteiger partial charge is 0.354 e. The third-order valence-electron chi connectivity index (χ3n) is 6.69. The van der Waals surface area contributed by atoms with Crippen LogP contribution >= 0.6 is 0 Å². The molecule has 0 unspecified atom stereocenters. The van der Waals surface area contributed by atoms with E-state index in [-0.39, 0.29) is 5.78 Å². The van der Waals surface area contributed by atoms with Crippen LogP contribution in [0.1, 0.15) is 21.5 Å². The zero-order valence-corrected chi connectivity index (χ0v) is 19.5. The standard InChI is InChI=1S/C27H29N5O/c1-19-21(6-4-20-5-7-22(14-25(19)20)24-17-29-31(3)18-24)15-26(33)23-8-9-28-27(16-23)32-12-10-30(2)11-13-32/h4-9,14,16-18H,10-13,15H2,1-3H3. The van der Waals surface area contributed by atoms with Gasteiger partial charge in [-0.3, -0.25) is 9.48 Å². The van der Waals surface area contributed by atoms with E-state index in [2.05, 4.69) is 64.2 Å². The Balaban J connectivity index is 1.40. The van der Waals surface area contributed by atoms with Gasteiger partial charge in [-0.2, -0.15) is 5.10 Å². The number of ketones is 1. The molecular weight excluding hydrogens is 410 g/mol. The first-order chi connectivity index (χ1) is 16.0. The van der Waals surface area contributed by atoms with Gasteiger partial charge in [-0.1, -0.05) is 24.3 Å². The Morgan fingerprint density at radius 2 is 1.76 bits per heavy atom. The Morgan fingerprint density at radius 3 is 2.52 bits per heavy atom. The zero-order chi connectivity index (χ0) is 22.9. The van der Waals surface area contributed by atoms with Crippen LogP contribution in [0, 0.1) is 6.92 Å². The molecule has 1 fully saturated rings. The molecule has 0 N–H and O–H groups in total. The first-order valence-electron chi connectivity index (χ1n) is 11.4. The number of Topliss-reactive ketones (excluding diaryl/α,β-unsaturated/α-hetero) is 1. The number of likely N-dealkylation sites (N-methyl/N-ethyl adjacent to an activating group) is 1. The summed E-state index contributed by atoms with van der Waals surface area (Å²) in [7, 11) is 4.06. The van der Waals surface area contributed by atoms with E-state index in [1.54, 1.807) is 6.20 Å². The number of nitrogens with zero attached hydrogens (tertiary/aromatic N) is 5. The molecule has 0 saturated carbocycles. The van der Waals surface area contributed by atoms with Crippen molar-refractivity contribution < 1.29 is 4.79 Å². The first kappa shape index (κ1) is 21.3. The van der Waals surface area contributed by atoms with Crippen molar-refractivity contribution in [3.05, 3.63) is 77.7 Å². The maximum atomic E-state index is 13.2. The minimum absolute atomic E-state index is 0.124. The summed E-state index contributed by atoms with van der Waals surface area (Å²) in [5.41, 5.74) is 5.16. The summed E-state index contributed by atoms with van der Waals surface area (Å²) in [6.07, 6.45) is 6.04. The van der Waals surface area contributed by atoms with Gasteiger partial charge in [-0.15, -0.1) is 0 Å². The van der Waals surface area contributed by atoms with Gasteiger partial charge in [-0.25, -0.2) is 4.98 Å². The van der Waals surface area contributed by atoms with Crippen LogP contribution in [0.2, 0.25) is 0 Å². The van der Waals surface area contributed by atoms with Crippen molar-refractivity contribution in [3.63, 3.8) is 0 Å². The van der Waals surface area contributed by atoms with E-state index in [0.717, 1.165) is 59.8 Å². The van der Waals surface area contributed by atoms with Gasteiger partial charge in [0.15, 0.2) is 5.78 Å². The predicted molar refractivity (Wildman–Crippen MR) is 133 cm³/mol. The summed E-state index contributed by atoms with van der Waals surface area (Å²) >= 11 is 0. The lowest BCUT2D eigenvalue weighted by Gasteiger charge is -2.33. The molecule has 0 bridgehead atoms. The summed E-state index contributed by atoms with van der Waals surface area (Å²) < 4.78 is 1.81. The Labute approximate surface area is 194 Å². The van der Waals surface area contributed by atoms with Crippen molar-refractivity contribution in [2.24, 2.45) is 7.05 Å². The Hall–Kier alpha value is -3.51. The Kier molecular flexibility index (Phi) is 5.68. The topological polar surface area (TPSA) is 54.3 Å². The summed E-state index contributed by atoms with van der Waals surface area (Å²) in [5, 5.41) is 6.65. The van der Waals surface area contributed by atoms with Crippen LogP contribution in [0.25, 0.3) is 21.9 Å². The molecule has 168 valence electrons. The normalized spacial score (nSPS) is 14.7. The number of aryl methyl sites for hydroxylation is 2. The zero-order valence-electron chi connectivity index (χ0n) is 19.5. The van der Waals surface area contributed by atoms with Gasteiger partial charge in [-0.05, 0) is 59.6 Å². The molecule has 4 aromatic rings. The van der Waals surface area contributed by atoms with Gasteiger partial charge >= 0.3 is 0 Å². The molecule has 1 aliphatic heterocycles. The lowest BCUT2D eigenvalue weighted by atomic mass is 9.93. The van der Waals surface area contributed by atoms with E-state index in [9.17, 15) is 4.79 Å². The summed E-state index contributed by atoms with van der Waals surface area (Å²) in [5.74, 6) is 1.02. The molecule has 5 rings (SSSR count). The number of carbonyl (C=O) groups is 1. The average molecular weight is 440 g/mol. The number of hydrogen-bond donors (Lipinski definition) is 0. The molecule has 0 aliphatic carbocycles. The molecule has 0 amide bonds. The number of benzene rings is 2. The number of piperazine rings is 1. The van der Waals surface area contributed by atoms with Gasteiger partial charge in [0.25, 0.3) is 0 Å². The Morgan fingerprint density at radius 1 is 0.970 bits per heavy atom. The fraction of sp³-hybridized carbons (Fsp3) is 0.296. The number of rotatable bonds is 5. The van der Waals surface area contributed by atoms with Crippen LogP contribution in [0.4, 0.5) is 5.82 Å². The lowest BCUT2D eigenvalue weighted by Crippen LogP contribution is -2.44.